The molecule has 2 fully saturated rings. The molecular weight excluding hydrogens is 496 g/mol. The average Bonchev–Trinajstić information content (AvgIpc) is 3.61. The molecule has 0 spiro atoms. The first kappa shape index (κ1) is 24.4. The number of thioether (sulfide) groups is 1. The van der Waals surface area contributed by atoms with Crippen molar-refractivity contribution in [1.82, 2.24) is 9.47 Å². The number of carbonyl (C=O) groups is 1. The second-order valence-corrected chi connectivity index (χ2v) is 10.6. The number of thiocarbonyl (C=S) groups is 1. The summed E-state index contributed by atoms with van der Waals surface area (Å²) in [5, 5.41) is 9.78. The van der Waals surface area contributed by atoms with E-state index in [4.69, 9.17) is 21.7 Å². The van der Waals surface area contributed by atoms with Gasteiger partial charge in [-0.1, -0.05) is 37.0 Å². The average molecular weight is 523 g/mol. The van der Waals surface area contributed by atoms with Gasteiger partial charge in [-0.25, -0.2) is 0 Å². The van der Waals surface area contributed by atoms with Gasteiger partial charge < -0.3 is 14.4 Å². The Morgan fingerprint density at radius 1 is 1.19 bits per heavy atom. The van der Waals surface area contributed by atoms with Crippen LogP contribution in [0.3, 0.4) is 0 Å². The first-order chi connectivity index (χ1) is 17.4. The summed E-state index contributed by atoms with van der Waals surface area (Å²) in [6, 6.07) is 7.68. The Morgan fingerprint density at radius 3 is 2.67 bits per heavy atom. The second-order valence-electron chi connectivity index (χ2n) is 8.96. The number of ether oxygens (including phenoxy) is 2. The summed E-state index contributed by atoms with van der Waals surface area (Å²) in [7, 11) is 0. The summed E-state index contributed by atoms with van der Waals surface area (Å²) >= 11 is 6.81. The molecule has 0 radical (unpaired) electrons. The van der Waals surface area contributed by atoms with Crippen LogP contribution in [0, 0.1) is 18.3 Å². The molecule has 1 aromatic heterocycles. The predicted octanol–water partition coefficient (Wildman–Crippen LogP) is 4.17. The van der Waals surface area contributed by atoms with Crippen LogP contribution in [0.1, 0.15) is 48.4 Å². The van der Waals surface area contributed by atoms with Crippen molar-refractivity contribution in [1.29, 1.82) is 5.26 Å². The van der Waals surface area contributed by atoms with E-state index in [0.29, 0.717) is 39.4 Å². The summed E-state index contributed by atoms with van der Waals surface area (Å²) in [6.45, 7) is 6.47. The molecule has 0 saturated carbocycles. The predicted molar refractivity (Wildman–Crippen MR) is 143 cm³/mol. The number of aromatic nitrogens is 1. The van der Waals surface area contributed by atoms with Crippen LogP contribution in [0.4, 0.5) is 5.82 Å². The van der Waals surface area contributed by atoms with E-state index in [1.165, 1.54) is 11.8 Å². The number of rotatable bonds is 6. The zero-order valence-corrected chi connectivity index (χ0v) is 21.8. The fourth-order valence-corrected chi connectivity index (χ4v) is 6.07. The van der Waals surface area contributed by atoms with Crippen LogP contribution in [0.2, 0.25) is 0 Å². The molecular formula is C26H26N4O4S2. The van der Waals surface area contributed by atoms with Gasteiger partial charge in [0.15, 0.2) is 11.5 Å². The van der Waals surface area contributed by atoms with Crippen LogP contribution in [0.15, 0.2) is 27.9 Å². The van der Waals surface area contributed by atoms with Crippen LogP contribution in [-0.2, 0) is 17.9 Å². The molecule has 2 aromatic rings. The largest absolute Gasteiger partial charge is 0.454 e. The van der Waals surface area contributed by atoms with E-state index in [2.05, 4.69) is 11.0 Å². The van der Waals surface area contributed by atoms with Gasteiger partial charge in [-0.05, 0) is 55.5 Å². The highest BCUT2D eigenvalue weighted by Gasteiger charge is 2.34. The molecule has 1 amide bonds. The molecule has 0 aliphatic carbocycles. The summed E-state index contributed by atoms with van der Waals surface area (Å²) in [4.78, 5) is 30.9. The van der Waals surface area contributed by atoms with E-state index in [9.17, 15) is 14.9 Å². The molecule has 0 unspecified atom stereocenters. The first-order valence-corrected chi connectivity index (χ1v) is 13.2. The first-order valence-electron chi connectivity index (χ1n) is 12.0. The smallest absolute Gasteiger partial charge is 0.270 e. The van der Waals surface area contributed by atoms with Crippen molar-refractivity contribution in [2.75, 3.05) is 24.8 Å². The van der Waals surface area contributed by atoms with E-state index >= 15 is 0 Å². The number of benzene rings is 1. The van der Waals surface area contributed by atoms with Gasteiger partial charge in [-0.15, -0.1) is 0 Å². The lowest BCUT2D eigenvalue weighted by Crippen LogP contribution is -2.33. The third kappa shape index (κ3) is 4.27. The minimum absolute atomic E-state index is 0.119. The lowest BCUT2D eigenvalue weighted by molar-refractivity contribution is -0.122. The highest BCUT2D eigenvalue weighted by molar-refractivity contribution is 8.26. The molecule has 186 valence electrons. The second kappa shape index (κ2) is 9.99. The Morgan fingerprint density at radius 2 is 1.94 bits per heavy atom. The molecule has 8 nitrogen and oxygen atoms in total. The number of carbonyl (C=O) groups excluding carboxylic acids is 1. The van der Waals surface area contributed by atoms with Gasteiger partial charge in [0.1, 0.15) is 21.8 Å². The lowest BCUT2D eigenvalue weighted by Gasteiger charge is -2.26. The van der Waals surface area contributed by atoms with Crippen LogP contribution >= 0.6 is 24.0 Å². The zero-order chi connectivity index (χ0) is 25.4. The normalized spacial score (nSPS) is 18.0. The van der Waals surface area contributed by atoms with Gasteiger partial charge in [-0.3, -0.25) is 19.1 Å². The van der Waals surface area contributed by atoms with Crippen LogP contribution in [-0.4, -0.2) is 39.6 Å². The molecule has 0 bridgehead atoms. The van der Waals surface area contributed by atoms with Crippen LogP contribution < -0.4 is 19.9 Å². The van der Waals surface area contributed by atoms with Crippen molar-refractivity contribution in [3.8, 4) is 17.6 Å². The molecule has 2 saturated heterocycles. The monoisotopic (exact) mass is 522 g/mol. The molecule has 3 aliphatic rings. The summed E-state index contributed by atoms with van der Waals surface area (Å²) < 4.78 is 13.0. The van der Waals surface area contributed by atoms with Gasteiger partial charge in [0, 0.05) is 25.2 Å². The van der Waals surface area contributed by atoms with Crippen molar-refractivity contribution in [2.45, 2.75) is 46.2 Å². The van der Waals surface area contributed by atoms with Crippen molar-refractivity contribution in [3.05, 3.63) is 55.7 Å². The van der Waals surface area contributed by atoms with Gasteiger partial charge in [0.25, 0.3) is 11.5 Å². The van der Waals surface area contributed by atoms with Crippen molar-refractivity contribution in [2.24, 2.45) is 0 Å². The Hall–Kier alpha value is -3.29. The fraction of sp³-hybridized carbons (Fsp3) is 0.385. The van der Waals surface area contributed by atoms with E-state index in [-0.39, 0.29) is 23.8 Å². The Bertz CT molecular complexity index is 1390. The summed E-state index contributed by atoms with van der Waals surface area (Å²) in [5.74, 6) is 1.93. The number of anilines is 1. The molecule has 36 heavy (non-hydrogen) atoms. The van der Waals surface area contributed by atoms with Crippen molar-refractivity contribution in [3.63, 3.8) is 0 Å². The number of nitriles is 1. The quantitative estimate of drug-likeness (QED) is 0.413. The summed E-state index contributed by atoms with van der Waals surface area (Å²) in [5.41, 5.74) is 2.07. The molecule has 4 heterocycles. The van der Waals surface area contributed by atoms with Gasteiger partial charge in [0.05, 0.1) is 11.4 Å². The highest BCUT2D eigenvalue weighted by atomic mass is 32.2. The lowest BCUT2D eigenvalue weighted by atomic mass is 10.0. The zero-order valence-electron chi connectivity index (χ0n) is 20.2. The Balaban J connectivity index is 1.55. The summed E-state index contributed by atoms with van der Waals surface area (Å²) in [6.07, 6.45) is 4.65. The van der Waals surface area contributed by atoms with Gasteiger partial charge in [0.2, 0.25) is 6.79 Å². The highest BCUT2D eigenvalue weighted by Crippen LogP contribution is 2.38. The van der Waals surface area contributed by atoms with Crippen LogP contribution in [0.25, 0.3) is 6.08 Å². The Kier molecular flexibility index (Phi) is 6.77. The number of hydrogen-bond donors (Lipinski definition) is 0. The molecule has 3 aliphatic heterocycles. The minimum Gasteiger partial charge on any atom is -0.454 e. The number of amides is 1. The molecule has 10 heteroatoms. The number of nitrogens with zero attached hydrogens (tertiary/aromatic N) is 4. The maximum Gasteiger partial charge on any atom is 0.270 e. The van der Waals surface area contributed by atoms with Crippen LogP contribution in [0.5, 0.6) is 11.5 Å². The third-order valence-corrected chi connectivity index (χ3v) is 8.00. The number of fused-ring (bicyclic) bond motifs is 1. The molecule has 5 rings (SSSR count). The van der Waals surface area contributed by atoms with Gasteiger partial charge >= 0.3 is 0 Å². The molecule has 0 atom stereocenters. The SMILES string of the molecule is CCCn1c(N2CCCC2)c(/C=C2\SC(=S)N(Cc3ccc4c(c3)OCO4)C2=O)c(C)c(C#N)c1=O. The fourth-order valence-electron chi connectivity index (χ4n) is 4.83. The molecule has 0 N–H and O–H groups in total. The van der Waals surface area contributed by atoms with E-state index in [1.807, 2.05) is 31.2 Å². The van der Waals surface area contributed by atoms with Crippen molar-refractivity contribution >= 4 is 46.1 Å². The maximum atomic E-state index is 13.5. The standard InChI is InChI=1S/C26H26N4O4S2/c1-3-8-29-23(28-9-4-5-10-28)18(16(2)19(13-27)24(29)31)12-22-25(32)30(26(35)36-22)14-17-6-7-20-21(11-17)34-15-33-20/h6-7,11-12H,3-5,8-10,14-15H2,1-2H3/b22-12-. The third-order valence-electron chi connectivity index (χ3n) is 6.63. The van der Waals surface area contributed by atoms with E-state index in [0.717, 1.165) is 49.3 Å². The van der Waals surface area contributed by atoms with E-state index < -0.39 is 0 Å². The van der Waals surface area contributed by atoms with Crippen molar-refractivity contribution < 1.29 is 14.3 Å². The minimum atomic E-state index is -0.272. The molecule has 1 aromatic carbocycles. The maximum absolute atomic E-state index is 13.5. The van der Waals surface area contributed by atoms with Gasteiger partial charge in [-0.2, -0.15) is 5.26 Å². The van der Waals surface area contributed by atoms with E-state index in [1.54, 1.807) is 16.4 Å². The topological polar surface area (TPSA) is 87.8 Å². The number of pyridine rings is 1. The number of hydrogen-bond acceptors (Lipinski definition) is 8. The Labute approximate surface area is 219 Å².